The van der Waals surface area contributed by atoms with Gasteiger partial charge in [-0.3, -0.25) is 19.1 Å². The average molecular weight is 540 g/mol. The third-order valence-corrected chi connectivity index (χ3v) is 8.00. The maximum Gasteiger partial charge on any atom is 0.254 e. The van der Waals surface area contributed by atoms with Gasteiger partial charge in [-0.05, 0) is 57.7 Å². The molecule has 0 radical (unpaired) electrons. The third-order valence-electron chi connectivity index (χ3n) is 7.54. The van der Waals surface area contributed by atoms with Gasteiger partial charge in [-0.15, -0.1) is 0 Å². The lowest BCUT2D eigenvalue weighted by Crippen LogP contribution is -2.43. The summed E-state index contributed by atoms with van der Waals surface area (Å²) in [6.07, 6.45) is 8.53. The summed E-state index contributed by atoms with van der Waals surface area (Å²) in [5, 5.41) is 8.34. The van der Waals surface area contributed by atoms with Gasteiger partial charge in [0.05, 0.1) is 29.2 Å². The monoisotopic (exact) mass is 539 g/mol. The van der Waals surface area contributed by atoms with E-state index in [1.54, 1.807) is 19.2 Å². The number of rotatable bonds is 5. The zero-order valence-corrected chi connectivity index (χ0v) is 21.7. The van der Waals surface area contributed by atoms with Gasteiger partial charge in [0.15, 0.2) is 0 Å². The molecule has 1 aliphatic carbocycles. The van der Waals surface area contributed by atoms with E-state index in [2.05, 4.69) is 31.3 Å². The number of fused-ring (bicyclic) bond motifs is 1. The number of aromatic nitrogens is 2. The minimum Gasteiger partial charge on any atom is -0.351 e. The van der Waals surface area contributed by atoms with Crippen molar-refractivity contribution in [1.82, 2.24) is 20.0 Å². The number of amides is 3. The summed E-state index contributed by atoms with van der Waals surface area (Å²) in [5.41, 5.74) is 2.99. The molecule has 1 atom stereocenters. The summed E-state index contributed by atoms with van der Waals surface area (Å²) < 4.78 is 2.79. The molecule has 3 amide bonds. The minimum absolute atomic E-state index is 0.178. The molecule has 2 aromatic rings. The first-order valence-corrected chi connectivity index (χ1v) is 13.1. The molecule has 2 aliphatic heterocycles. The van der Waals surface area contributed by atoms with Crippen molar-refractivity contribution in [3.8, 4) is 0 Å². The molecule has 1 aromatic heterocycles. The second-order valence-corrected chi connectivity index (χ2v) is 10.8. The molecular formula is C26H30BrN5O3. The predicted octanol–water partition coefficient (Wildman–Crippen LogP) is 4.06. The van der Waals surface area contributed by atoms with Gasteiger partial charge in [0.25, 0.3) is 11.8 Å². The van der Waals surface area contributed by atoms with Gasteiger partial charge >= 0.3 is 0 Å². The van der Waals surface area contributed by atoms with Crippen LogP contribution < -0.4 is 5.32 Å². The summed E-state index contributed by atoms with van der Waals surface area (Å²) in [4.78, 5) is 44.1. The number of halogens is 1. The molecule has 184 valence electrons. The Morgan fingerprint density at radius 2 is 1.89 bits per heavy atom. The second kappa shape index (κ2) is 9.68. The number of carbonyl (C=O) groups is 3. The van der Waals surface area contributed by atoms with E-state index >= 15 is 0 Å². The number of piperidine rings is 1. The Hall–Kier alpha value is -2.81. The second-order valence-electron chi connectivity index (χ2n) is 9.90. The Bertz CT molecular complexity index is 1250. The Labute approximate surface area is 213 Å². The summed E-state index contributed by atoms with van der Waals surface area (Å²) in [7, 11) is 0. The first kappa shape index (κ1) is 23.9. The van der Waals surface area contributed by atoms with E-state index in [1.165, 1.54) is 0 Å². The van der Waals surface area contributed by atoms with Gasteiger partial charge in [0.2, 0.25) is 5.91 Å². The molecular weight excluding hydrogens is 510 g/mol. The number of hydrogen-bond donors (Lipinski definition) is 1. The number of dihydropyridines is 1. The van der Waals surface area contributed by atoms with Crippen molar-refractivity contribution in [2.45, 2.75) is 52.0 Å². The van der Waals surface area contributed by atoms with E-state index < -0.39 is 5.92 Å². The number of hydrogen-bond acceptors (Lipinski definition) is 4. The molecule has 8 nitrogen and oxygen atoms in total. The van der Waals surface area contributed by atoms with Crippen LogP contribution in [0.2, 0.25) is 0 Å². The normalized spacial score (nSPS) is 21.5. The quantitative estimate of drug-likeness (QED) is 0.619. The van der Waals surface area contributed by atoms with Crippen LogP contribution in [0.25, 0.3) is 10.9 Å². The standard InChI is InChI=1S/C26H30BrN5O3/c1-15-10-16(2)30-25(34)21(15)13-28-24(33)20-11-18(27)12-23-22(20)14-29-32(23)19-6-8-31(9-7-19)26(35)17-4-3-5-17/h10-12,14,17,19,21H,3-9,13H2,1-2H3,(H,28,33). The Morgan fingerprint density at radius 3 is 2.54 bits per heavy atom. The number of allylic oxidation sites excluding steroid dienone is 1. The topological polar surface area (TPSA) is 96.7 Å². The van der Waals surface area contributed by atoms with Crippen LogP contribution in [0.15, 0.2) is 39.4 Å². The fourth-order valence-electron chi connectivity index (χ4n) is 5.28. The van der Waals surface area contributed by atoms with Crippen LogP contribution in [0.1, 0.15) is 62.4 Å². The van der Waals surface area contributed by atoms with Crippen LogP contribution >= 0.6 is 15.9 Å². The summed E-state index contributed by atoms with van der Waals surface area (Å²) in [5.74, 6) is -0.376. The largest absolute Gasteiger partial charge is 0.351 e. The Morgan fingerprint density at radius 1 is 1.14 bits per heavy atom. The molecule has 1 saturated carbocycles. The number of likely N-dealkylation sites (tertiary alicyclic amines) is 1. The van der Waals surface area contributed by atoms with E-state index in [-0.39, 0.29) is 30.3 Å². The predicted molar refractivity (Wildman–Crippen MR) is 137 cm³/mol. The molecule has 35 heavy (non-hydrogen) atoms. The number of aliphatic imine (C=N–C) groups is 1. The number of carbonyl (C=O) groups excluding carboxylic acids is 3. The van der Waals surface area contributed by atoms with E-state index in [1.807, 2.05) is 28.6 Å². The van der Waals surface area contributed by atoms with Crippen molar-refractivity contribution in [2.75, 3.05) is 19.6 Å². The van der Waals surface area contributed by atoms with Gasteiger partial charge in [-0.1, -0.05) is 27.9 Å². The smallest absolute Gasteiger partial charge is 0.254 e. The Balaban J connectivity index is 1.30. The van der Waals surface area contributed by atoms with Gasteiger partial charge in [-0.25, -0.2) is 4.99 Å². The molecule has 0 bridgehead atoms. The van der Waals surface area contributed by atoms with Crippen molar-refractivity contribution in [2.24, 2.45) is 16.8 Å². The van der Waals surface area contributed by atoms with E-state index in [9.17, 15) is 14.4 Å². The van der Waals surface area contributed by atoms with Crippen molar-refractivity contribution >= 4 is 50.3 Å². The van der Waals surface area contributed by atoms with Crippen molar-refractivity contribution in [3.05, 3.63) is 40.0 Å². The van der Waals surface area contributed by atoms with Crippen LogP contribution in [0.5, 0.6) is 0 Å². The van der Waals surface area contributed by atoms with E-state index in [0.29, 0.717) is 17.2 Å². The SMILES string of the molecule is CC1=CC(C)=NC(=O)C1CNC(=O)c1cc(Br)cc2c1cnn2C1CCN(C(=O)C2CCC2)CC1. The van der Waals surface area contributed by atoms with Crippen LogP contribution in [-0.4, -0.2) is 57.7 Å². The minimum atomic E-state index is -0.444. The highest BCUT2D eigenvalue weighted by Crippen LogP contribution is 2.33. The van der Waals surface area contributed by atoms with Crippen LogP contribution in [-0.2, 0) is 9.59 Å². The zero-order chi connectivity index (χ0) is 24.7. The fourth-order valence-corrected chi connectivity index (χ4v) is 5.73. The third kappa shape index (κ3) is 4.70. The van der Waals surface area contributed by atoms with Gasteiger partial charge in [-0.2, -0.15) is 5.10 Å². The lowest BCUT2D eigenvalue weighted by Gasteiger charge is -2.36. The highest BCUT2D eigenvalue weighted by atomic mass is 79.9. The summed E-state index contributed by atoms with van der Waals surface area (Å²) >= 11 is 3.55. The van der Waals surface area contributed by atoms with Crippen LogP contribution in [0.3, 0.4) is 0 Å². The lowest BCUT2D eigenvalue weighted by atomic mass is 9.84. The van der Waals surface area contributed by atoms with Crippen LogP contribution in [0.4, 0.5) is 0 Å². The molecule has 9 heteroatoms. The first-order chi connectivity index (χ1) is 16.8. The van der Waals surface area contributed by atoms with Crippen molar-refractivity contribution in [1.29, 1.82) is 0 Å². The molecule has 1 aromatic carbocycles. The molecule has 0 spiro atoms. The molecule has 1 saturated heterocycles. The van der Waals surface area contributed by atoms with Gasteiger partial charge in [0.1, 0.15) is 0 Å². The van der Waals surface area contributed by atoms with E-state index in [0.717, 1.165) is 66.1 Å². The van der Waals surface area contributed by atoms with Gasteiger partial charge < -0.3 is 10.2 Å². The summed E-state index contributed by atoms with van der Waals surface area (Å²) in [6.45, 7) is 5.37. The first-order valence-electron chi connectivity index (χ1n) is 12.3. The van der Waals surface area contributed by atoms with Crippen molar-refractivity contribution < 1.29 is 14.4 Å². The fraction of sp³-hybridized carbons (Fsp3) is 0.500. The van der Waals surface area contributed by atoms with Crippen molar-refractivity contribution in [3.63, 3.8) is 0 Å². The highest BCUT2D eigenvalue weighted by molar-refractivity contribution is 9.10. The molecule has 3 aliphatic rings. The van der Waals surface area contributed by atoms with Crippen LogP contribution in [0, 0.1) is 11.8 Å². The average Bonchev–Trinajstić information content (AvgIpc) is 3.20. The zero-order valence-electron chi connectivity index (χ0n) is 20.1. The lowest BCUT2D eigenvalue weighted by molar-refractivity contribution is -0.139. The molecule has 1 unspecified atom stereocenters. The number of nitrogens with zero attached hydrogens (tertiary/aromatic N) is 4. The van der Waals surface area contributed by atoms with Gasteiger partial charge in [0, 0.05) is 41.1 Å². The summed E-state index contributed by atoms with van der Waals surface area (Å²) in [6, 6.07) is 3.95. The molecule has 5 rings (SSSR count). The molecule has 2 fully saturated rings. The number of nitrogens with one attached hydrogen (secondary N) is 1. The Kier molecular flexibility index (Phi) is 6.61. The van der Waals surface area contributed by atoms with E-state index in [4.69, 9.17) is 0 Å². The highest BCUT2D eigenvalue weighted by Gasteiger charge is 2.32. The molecule has 1 N–H and O–H groups in total. The number of benzene rings is 1. The maximum absolute atomic E-state index is 13.2. The maximum atomic E-state index is 13.2. The molecule has 3 heterocycles.